The fraction of sp³-hybridized carbons (Fsp3) is 0. The first-order valence-corrected chi connectivity index (χ1v) is 6.84. The van der Waals surface area contributed by atoms with Crippen molar-refractivity contribution in [1.29, 1.82) is 0 Å². The van der Waals surface area contributed by atoms with Crippen molar-refractivity contribution in [1.82, 2.24) is 15.2 Å². The Kier molecular flexibility index (Phi) is 3.36. The van der Waals surface area contributed by atoms with Crippen LogP contribution in [0, 0.1) is 0 Å². The van der Waals surface area contributed by atoms with Crippen molar-refractivity contribution in [2.45, 2.75) is 0 Å². The van der Waals surface area contributed by atoms with Crippen molar-refractivity contribution >= 4 is 27.5 Å². The summed E-state index contributed by atoms with van der Waals surface area (Å²) in [6.45, 7) is 0. The highest BCUT2D eigenvalue weighted by Crippen LogP contribution is 2.23. The Morgan fingerprint density at radius 2 is 1.79 bits per heavy atom. The predicted molar refractivity (Wildman–Crippen MR) is 80.0 cm³/mol. The first-order valence-electron chi connectivity index (χ1n) is 5.67. The Balaban J connectivity index is 1.97. The van der Waals surface area contributed by atoms with E-state index in [1.807, 2.05) is 48.5 Å². The molecule has 0 bridgehead atoms. The molecular formula is C14H9BrClN3. The largest absolute Gasteiger partial charge is 0.259 e. The molecule has 0 fully saturated rings. The molecule has 2 aromatic carbocycles. The molecule has 0 radical (unpaired) electrons. The molecule has 19 heavy (non-hydrogen) atoms. The van der Waals surface area contributed by atoms with Gasteiger partial charge in [-0.2, -0.15) is 5.10 Å². The number of rotatable bonds is 2. The fourth-order valence-electron chi connectivity index (χ4n) is 1.76. The van der Waals surface area contributed by atoms with Crippen LogP contribution in [0.15, 0.2) is 53.0 Å². The molecule has 0 aliphatic rings. The van der Waals surface area contributed by atoms with E-state index in [1.54, 1.807) is 0 Å². The molecule has 0 aliphatic carbocycles. The summed E-state index contributed by atoms with van der Waals surface area (Å²) in [4.78, 5) is 4.49. The van der Waals surface area contributed by atoms with Crippen molar-refractivity contribution in [3.8, 4) is 22.8 Å². The highest BCUT2D eigenvalue weighted by molar-refractivity contribution is 9.10. The molecule has 5 heteroatoms. The standard InChI is InChI=1S/C14H9BrClN3/c15-11-3-1-2-10(8-11)14-17-13(18-19-14)9-4-6-12(16)7-5-9/h1-8H,(H,17,18,19). The number of nitrogens with one attached hydrogen (secondary N) is 1. The monoisotopic (exact) mass is 333 g/mol. The zero-order valence-electron chi connectivity index (χ0n) is 9.77. The molecule has 0 saturated carbocycles. The predicted octanol–water partition coefficient (Wildman–Crippen LogP) is 4.55. The van der Waals surface area contributed by atoms with Gasteiger partial charge in [-0.3, -0.25) is 5.10 Å². The molecule has 0 aliphatic heterocycles. The Morgan fingerprint density at radius 3 is 2.53 bits per heavy atom. The van der Waals surface area contributed by atoms with Crippen molar-refractivity contribution < 1.29 is 0 Å². The quantitative estimate of drug-likeness (QED) is 0.746. The maximum Gasteiger partial charge on any atom is 0.181 e. The van der Waals surface area contributed by atoms with Crippen molar-refractivity contribution in [2.24, 2.45) is 0 Å². The van der Waals surface area contributed by atoms with E-state index in [-0.39, 0.29) is 0 Å². The molecule has 0 spiro atoms. The van der Waals surface area contributed by atoms with Crippen LogP contribution in [0.1, 0.15) is 0 Å². The van der Waals surface area contributed by atoms with Crippen LogP contribution in [0.3, 0.4) is 0 Å². The van der Waals surface area contributed by atoms with Crippen molar-refractivity contribution in [3.05, 3.63) is 58.0 Å². The Morgan fingerprint density at radius 1 is 1.00 bits per heavy atom. The normalized spacial score (nSPS) is 10.6. The van der Waals surface area contributed by atoms with Gasteiger partial charge in [0.1, 0.15) is 0 Å². The molecule has 0 unspecified atom stereocenters. The second-order valence-corrected chi connectivity index (χ2v) is 5.38. The van der Waals surface area contributed by atoms with Crippen LogP contribution in [-0.4, -0.2) is 15.2 Å². The van der Waals surface area contributed by atoms with Gasteiger partial charge in [0, 0.05) is 20.6 Å². The Labute approximate surface area is 123 Å². The zero-order valence-corrected chi connectivity index (χ0v) is 12.1. The molecule has 3 nitrogen and oxygen atoms in total. The van der Waals surface area contributed by atoms with Crippen LogP contribution in [0.2, 0.25) is 5.02 Å². The number of H-pyrrole nitrogens is 1. The third-order valence-electron chi connectivity index (χ3n) is 2.69. The molecule has 0 saturated heterocycles. The third kappa shape index (κ3) is 2.69. The summed E-state index contributed by atoms with van der Waals surface area (Å²) in [5.41, 5.74) is 1.92. The van der Waals surface area contributed by atoms with Gasteiger partial charge in [-0.05, 0) is 36.4 Å². The fourth-order valence-corrected chi connectivity index (χ4v) is 2.28. The summed E-state index contributed by atoms with van der Waals surface area (Å²) in [7, 11) is 0. The van der Waals surface area contributed by atoms with E-state index in [1.165, 1.54) is 0 Å². The van der Waals surface area contributed by atoms with Crippen molar-refractivity contribution in [3.63, 3.8) is 0 Å². The number of aromatic amines is 1. The van der Waals surface area contributed by atoms with E-state index in [9.17, 15) is 0 Å². The zero-order chi connectivity index (χ0) is 13.2. The number of benzene rings is 2. The number of hydrogen-bond acceptors (Lipinski definition) is 2. The summed E-state index contributed by atoms with van der Waals surface area (Å²) in [5.74, 6) is 1.40. The molecule has 1 N–H and O–H groups in total. The van der Waals surface area contributed by atoms with E-state index in [2.05, 4.69) is 31.1 Å². The van der Waals surface area contributed by atoms with E-state index in [4.69, 9.17) is 11.6 Å². The van der Waals surface area contributed by atoms with Gasteiger partial charge >= 0.3 is 0 Å². The number of hydrogen-bond donors (Lipinski definition) is 1. The van der Waals surface area contributed by atoms with Gasteiger partial charge in [-0.25, -0.2) is 4.98 Å². The molecular weight excluding hydrogens is 326 g/mol. The summed E-state index contributed by atoms with van der Waals surface area (Å²) in [6.07, 6.45) is 0. The van der Waals surface area contributed by atoms with E-state index in [0.717, 1.165) is 21.4 Å². The Hall–Kier alpha value is -1.65. The lowest BCUT2D eigenvalue weighted by Crippen LogP contribution is -1.81. The lowest BCUT2D eigenvalue weighted by Gasteiger charge is -1.96. The first-order chi connectivity index (χ1) is 9.22. The van der Waals surface area contributed by atoms with Crippen LogP contribution < -0.4 is 0 Å². The van der Waals surface area contributed by atoms with Gasteiger partial charge < -0.3 is 0 Å². The molecule has 3 rings (SSSR count). The molecule has 0 amide bonds. The number of nitrogens with zero attached hydrogens (tertiary/aromatic N) is 2. The third-order valence-corrected chi connectivity index (χ3v) is 3.43. The number of halogens is 2. The van der Waals surface area contributed by atoms with Crippen LogP contribution in [0.25, 0.3) is 22.8 Å². The van der Waals surface area contributed by atoms with Gasteiger partial charge in [0.05, 0.1) is 0 Å². The van der Waals surface area contributed by atoms with Crippen LogP contribution >= 0.6 is 27.5 Å². The van der Waals surface area contributed by atoms with Gasteiger partial charge in [-0.15, -0.1) is 0 Å². The average molecular weight is 335 g/mol. The minimum absolute atomic E-state index is 0.672. The second kappa shape index (κ2) is 5.15. The lowest BCUT2D eigenvalue weighted by atomic mass is 10.2. The van der Waals surface area contributed by atoms with Crippen LogP contribution in [-0.2, 0) is 0 Å². The summed E-state index contributed by atoms with van der Waals surface area (Å²) >= 11 is 9.30. The smallest absolute Gasteiger partial charge is 0.181 e. The molecule has 3 aromatic rings. The van der Waals surface area contributed by atoms with Crippen LogP contribution in [0.5, 0.6) is 0 Å². The van der Waals surface area contributed by atoms with Crippen molar-refractivity contribution in [2.75, 3.05) is 0 Å². The summed E-state index contributed by atoms with van der Waals surface area (Å²) in [6, 6.07) is 15.4. The molecule has 94 valence electrons. The topological polar surface area (TPSA) is 41.6 Å². The second-order valence-electron chi connectivity index (χ2n) is 4.02. The highest BCUT2D eigenvalue weighted by atomic mass is 79.9. The van der Waals surface area contributed by atoms with E-state index in [0.29, 0.717) is 10.8 Å². The lowest BCUT2D eigenvalue weighted by molar-refractivity contribution is 1.10. The minimum atomic E-state index is 0.672. The SMILES string of the molecule is Clc1ccc(-c2nc(-c3cccc(Br)c3)n[nH]2)cc1. The molecule has 1 heterocycles. The summed E-state index contributed by atoms with van der Waals surface area (Å²) in [5, 5.41) is 7.88. The van der Waals surface area contributed by atoms with Gasteiger partial charge in [0.15, 0.2) is 11.6 Å². The first kappa shape index (κ1) is 12.4. The Bertz CT molecular complexity index is 707. The molecule has 1 aromatic heterocycles. The van der Waals surface area contributed by atoms with Gasteiger partial charge in [0.25, 0.3) is 0 Å². The van der Waals surface area contributed by atoms with Gasteiger partial charge in [-0.1, -0.05) is 39.7 Å². The van der Waals surface area contributed by atoms with Gasteiger partial charge in [0.2, 0.25) is 0 Å². The maximum atomic E-state index is 5.87. The highest BCUT2D eigenvalue weighted by Gasteiger charge is 2.07. The van der Waals surface area contributed by atoms with E-state index < -0.39 is 0 Å². The number of aromatic nitrogens is 3. The van der Waals surface area contributed by atoms with E-state index >= 15 is 0 Å². The van der Waals surface area contributed by atoms with Crippen LogP contribution in [0.4, 0.5) is 0 Å². The molecule has 0 atom stereocenters. The summed E-state index contributed by atoms with van der Waals surface area (Å²) < 4.78 is 1.00. The maximum absolute atomic E-state index is 5.87. The minimum Gasteiger partial charge on any atom is -0.259 e. The average Bonchev–Trinajstić information content (AvgIpc) is 2.89.